The average Bonchev–Trinajstić information content (AvgIpc) is 3.40. The minimum atomic E-state index is -3.32. The molecule has 0 spiro atoms. The summed E-state index contributed by atoms with van der Waals surface area (Å²) in [6.45, 7) is 18.5. The molecule has 1 N–H and O–H groups in total. The van der Waals surface area contributed by atoms with Crippen molar-refractivity contribution in [2.75, 3.05) is 46.4 Å². The Morgan fingerprint density at radius 3 is 2.33 bits per heavy atom. The van der Waals surface area contributed by atoms with Gasteiger partial charge >= 0.3 is 13.6 Å². The fourth-order valence-corrected chi connectivity index (χ4v) is 6.88. The van der Waals surface area contributed by atoms with Crippen LogP contribution in [0.4, 0.5) is 0 Å². The van der Waals surface area contributed by atoms with Gasteiger partial charge in [-0.3, -0.25) is 9.46 Å². The molecule has 0 fully saturated rings. The van der Waals surface area contributed by atoms with Gasteiger partial charge in [0.2, 0.25) is 0 Å². The number of H-pyrrole nitrogens is 1. The lowest BCUT2D eigenvalue weighted by Crippen LogP contribution is -2.43. The zero-order valence-corrected chi connectivity index (χ0v) is 30.1. The topological polar surface area (TPSA) is 99.3 Å². The molecule has 0 atom stereocenters. The number of carbonyl (C=O) groups is 1. The minimum absolute atomic E-state index is 0.140. The lowest BCUT2D eigenvalue weighted by atomic mass is 10.1. The van der Waals surface area contributed by atoms with Gasteiger partial charge in [0.25, 0.3) is 0 Å². The van der Waals surface area contributed by atoms with Crippen molar-refractivity contribution in [2.24, 2.45) is 0 Å². The maximum absolute atomic E-state index is 12.9. The van der Waals surface area contributed by atoms with Gasteiger partial charge in [-0.2, -0.15) is 0 Å². The van der Waals surface area contributed by atoms with Crippen LogP contribution >= 0.6 is 7.60 Å². The van der Waals surface area contributed by atoms with Gasteiger partial charge in [-0.25, -0.2) is 4.79 Å². The van der Waals surface area contributed by atoms with E-state index in [4.69, 9.17) is 22.9 Å². The van der Waals surface area contributed by atoms with Crippen molar-refractivity contribution >= 4 is 38.9 Å². The molecule has 0 aliphatic rings. The van der Waals surface area contributed by atoms with E-state index >= 15 is 0 Å². The molecule has 0 saturated carbocycles. The lowest BCUT2D eigenvalue weighted by molar-refractivity contribution is -0.134. The average molecular weight is 659 g/mol. The Kier molecular flexibility index (Phi) is 13.7. The van der Waals surface area contributed by atoms with Crippen LogP contribution in [0.25, 0.3) is 17.0 Å². The number of aromatic amines is 1. The van der Waals surface area contributed by atoms with Crippen LogP contribution in [-0.2, 0) is 40.5 Å². The highest BCUT2D eigenvalue weighted by molar-refractivity contribution is 7.53. The molecule has 9 nitrogen and oxygen atoms in total. The van der Waals surface area contributed by atoms with Crippen LogP contribution < -0.4 is 4.74 Å². The molecule has 0 bridgehead atoms. The first-order valence-corrected chi connectivity index (χ1v) is 20.2. The molecule has 0 aliphatic heterocycles. The molecule has 3 rings (SSSR count). The number of nitrogens with one attached hydrogen (secondary N) is 1. The monoisotopic (exact) mass is 658 g/mol. The van der Waals surface area contributed by atoms with Crippen molar-refractivity contribution in [1.29, 1.82) is 0 Å². The number of ether oxygens (including phenoxy) is 2. The molecule has 248 valence electrons. The van der Waals surface area contributed by atoms with Crippen molar-refractivity contribution in [3.63, 3.8) is 0 Å². The van der Waals surface area contributed by atoms with E-state index in [0.717, 1.165) is 42.5 Å². The summed E-state index contributed by atoms with van der Waals surface area (Å²) in [7, 11) is -3.82. The summed E-state index contributed by atoms with van der Waals surface area (Å²) < 4.78 is 40.7. The van der Waals surface area contributed by atoms with Crippen LogP contribution in [0.5, 0.6) is 5.75 Å². The number of nitrogens with zero attached hydrogens (tertiary/aromatic N) is 1. The smallest absolute Gasteiger partial charge is 0.367 e. The summed E-state index contributed by atoms with van der Waals surface area (Å²) in [4.78, 5) is 17.3. The number of methoxy groups -OCH3 is 1. The molecule has 0 unspecified atom stereocenters. The zero-order chi connectivity index (χ0) is 33.1. The Hall–Kier alpha value is -2.72. The minimum Gasteiger partial charge on any atom is -0.481 e. The molecule has 1 aromatic heterocycles. The van der Waals surface area contributed by atoms with Gasteiger partial charge in [0.05, 0.1) is 20.3 Å². The number of fused-ring (bicyclic) bond motifs is 1. The van der Waals surface area contributed by atoms with Crippen LogP contribution in [0.2, 0.25) is 18.1 Å². The number of esters is 1. The Morgan fingerprint density at radius 2 is 1.71 bits per heavy atom. The quantitative estimate of drug-likeness (QED) is 0.0635. The Morgan fingerprint density at radius 1 is 1.02 bits per heavy atom. The normalized spacial score (nSPS) is 12.8. The van der Waals surface area contributed by atoms with Crippen LogP contribution in [0.3, 0.4) is 0 Å². The van der Waals surface area contributed by atoms with Gasteiger partial charge in [-0.1, -0.05) is 45.0 Å². The van der Waals surface area contributed by atoms with Crippen LogP contribution in [0, 0.1) is 0 Å². The van der Waals surface area contributed by atoms with Crippen molar-refractivity contribution in [3.8, 4) is 5.75 Å². The van der Waals surface area contributed by atoms with Gasteiger partial charge in [-0.05, 0) is 79.4 Å². The Labute approximate surface area is 269 Å². The summed E-state index contributed by atoms with van der Waals surface area (Å²) in [6, 6.07) is 14.0. The molecule has 0 aliphatic carbocycles. The lowest BCUT2D eigenvalue weighted by Gasteiger charge is -2.37. The summed E-state index contributed by atoms with van der Waals surface area (Å²) in [5.74, 6) is 0.239. The molecular weight excluding hydrogens is 607 g/mol. The van der Waals surface area contributed by atoms with Crippen LogP contribution in [0.1, 0.15) is 51.3 Å². The first-order chi connectivity index (χ1) is 21.3. The molecule has 0 saturated heterocycles. The Balaban J connectivity index is 1.74. The highest BCUT2D eigenvalue weighted by atomic mass is 31.2. The zero-order valence-electron chi connectivity index (χ0n) is 28.2. The summed E-state index contributed by atoms with van der Waals surface area (Å²) in [5.41, 5.74) is 4.30. The number of carbonyl (C=O) groups excluding carboxylic acids is 1. The molecule has 2 aromatic carbocycles. The Bertz CT molecular complexity index is 1440. The molecule has 45 heavy (non-hydrogen) atoms. The van der Waals surface area contributed by atoms with E-state index < -0.39 is 15.9 Å². The maximum Gasteiger partial charge on any atom is 0.367 e. The maximum atomic E-state index is 12.9. The summed E-state index contributed by atoms with van der Waals surface area (Å²) >= 11 is 0. The second-order valence-corrected chi connectivity index (χ2v) is 19.3. The third-order valence-electron chi connectivity index (χ3n) is 8.15. The van der Waals surface area contributed by atoms with E-state index in [0.29, 0.717) is 12.4 Å². The molecular formula is C34H51N2O7PSi. The highest BCUT2D eigenvalue weighted by Crippen LogP contribution is 2.48. The number of aromatic nitrogens is 1. The fraction of sp³-hybridized carbons (Fsp3) is 0.500. The van der Waals surface area contributed by atoms with Crippen molar-refractivity contribution in [2.45, 2.75) is 65.7 Å². The standard InChI is InChI=1S/C34H51N2O7PSi/c1-9-41-44(38,42-10-2)26-40-30-16-17-32-31(23-30)29(24-35-32)19-20-36(21-22-43-45(7,8)34(3,4)5)25-28-13-11-27(12-14-28)15-18-33(37)39-6/h11-18,23-24,35H,9-10,19-22,25-26H2,1-8H3. The van der Waals surface area contributed by atoms with E-state index in [-0.39, 0.29) is 30.6 Å². The predicted octanol–water partition coefficient (Wildman–Crippen LogP) is 8.02. The molecule has 11 heteroatoms. The van der Waals surface area contributed by atoms with Crippen molar-refractivity contribution in [3.05, 3.63) is 71.4 Å². The van der Waals surface area contributed by atoms with Crippen LogP contribution in [0.15, 0.2) is 54.7 Å². The molecule has 1 heterocycles. The van der Waals surface area contributed by atoms with E-state index in [1.807, 2.05) is 36.5 Å². The largest absolute Gasteiger partial charge is 0.481 e. The van der Waals surface area contributed by atoms with E-state index in [9.17, 15) is 9.36 Å². The third kappa shape index (κ3) is 11.2. The highest BCUT2D eigenvalue weighted by Gasteiger charge is 2.37. The van der Waals surface area contributed by atoms with Crippen molar-refractivity contribution < 1.29 is 32.3 Å². The van der Waals surface area contributed by atoms with Crippen molar-refractivity contribution in [1.82, 2.24) is 9.88 Å². The van der Waals surface area contributed by atoms with E-state index in [1.165, 1.54) is 24.3 Å². The van der Waals surface area contributed by atoms with Gasteiger partial charge in [0.1, 0.15) is 5.75 Å². The fourth-order valence-electron chi connectivity index (χ4n) is 4.53. The third-order valence-corrected chi connectivity index (χ3v) is 14.4. The number of hydrogen-bond acceptors (Lipinski definition) is 8. The first-order valence-electron chi connectivity index (χ1n) is 15.6. The van der Waals surface area contributed by atoms with E-state index in [1.54, 1.807) is 19.9 Å². The van der Waals surface area contributed by atoms with Crippen LogP contribution in [-0.4, -0.2) is 70.5 Å². The van der Waals surface area contributed by atoms with E-state index in [2.05, 4.69) is 55.9 Å². The molecule has 3 aromatic rings. The molecule has 0 amide bonds. The number of hydrogen-bond donors (Lipinski definition) is 1. The van der Waals surface area contributed by atoms with Gasteiger partial charge in [0.15, 0.2) is 14.7 Å². The first kappa shape index (κ1) is 36.7. The predicted molar refractivity (Wildman–Crippen MR) is 184 cm³/mol. The molecule has 0 radical (unpaired) electrons. The van der Waals surface area contributed by atoms with Gasteiger partial charge < -0.3 is 27.9 Å². The number of benzene rings is 2. The van der Waals surface area contributed by atoms with Gasteiger partial charge in [-0.15, -0.1) is 0 Å². The second-order valence-electron chi connectivity index (χ2n) is 12.5. The second kappa shape index (κ2) is 16.7. The SMILES string of the molecule is CCOP(=O)(COc1ccc2[nH]cc(CCN(CCO[Si](C)(C)C(C)(C)C)Cc3ccc(C=CC(=O)OC)cc3)c2c1)OCC. The van der Waals surface area contributed by atoms with Gasteiger partial charge in [0, 0.05) is 49.4 Å². The number of rotatable bonds is 18. The summed E-state index contributed by atoms with van der Waals surface area (Å²) in [6.07, 6.45) is 5.90. The summed E-state index contributed by atoms with van der Waals surface area (Å²) in [5, 5.41) is 1.21.